The summed E-state index contributed by atoms with van der Waals surface area (Å²) in [7, 11) is 0. The Labute approximate surface area is 79.6 Å². The molecular formula is C7H4BrF5. The minimum atomic E-state index is -5.12. The molecule has 0 unspecified atom stereocenters. The molecule has 0 aliphatic carbocycles. The first-order valence-electron chi connectivity index (χ1n) is 2.84. The van der Waals surface area contributed by atoms with Crippen molar-refractivity contribution in [3.8, 4) is 0 Å². The molecule has 0 bridgehead atoms. The second-order valence-electron chi connectivity index (χ2n) is 2.00. The highest BCUT2D eigenvalue weighted by atomic mass is 79.9. The fourth-order valence-corrected chi connectivity index (χ4v) is 0.731. The zero-order valence-corrected chi connectivity index (χ0v) is 7.77. The van der Waals surface area contributed by atoms with Gasteiger partial charge in [-0.1, -0.05) is 13.2 Å². The Kier molecular flexibility index (Phi) is 3.84. The topological polar surface area (TPSA) is 0 Å². The van der Waals surface area contributed by atoms with E-state index >= 15 is 0 Å². The quantitative estimate of drug-likeness (QED) is 0.518. The lowest BCUT2D eigenvalue weighted by molar-refractivity contribution is -0.0926. The summed E-state index contributed by atoms with van der Waals surface area (Å²) in [6.45, 7) is 5.23. The summed E-state index contributed by atoms with van der Waals surface area (Å²) in [5.74, 6) is -3.69. The largest absolute Gasteiger partial charge is 0.422 e. The van der Waals surface area contributed by atoms with Gasteiger partial charge in [0.15, 0.2) is 5.83 Å². The molecule has 0 amide bonds. The summed E-state index contributed by atoms with van der Waals surface area (Å²) >= 11 is 2.37. The van der Waals surface area contributed by atoms with Crippen LogP contribution >= 0.6 is 15.9 Å². The SMILES string of the molecule is C=C(Br)/C(F)=C(\C(=C)F)C(F)(F)F. The van der Waals surface area contributed by atoms with Gasteiger partial charge in [0.1, 0.15) is 11.4 Å². The fourth-order valence-electron chi connectivity index (χ4n) is 0.533. The van der Waals surface area contributed by atoms with E-state index in [1.807, 2.05) is 0 Å². The second-order valence-corrected chi connectivity index (χ2v) is 2.95. The summed E-state index contributed by atoms with van der Waals surface area (Å²) < 4.78 is 59.9. The van der Waals surface area contributed by atoms with Gasteiger partial charge in [-0.15, -0.1) is 0 Å². The molecule has 74 valence electrons. The van der Waals surface area contributed by atoms with Crippen LogP contribution in [0, 0.1) is 0 Å². The molecule has 0 nitrogen and oxygen atoms in total. The molecule has 6 heteroatoms. The van der Waals surface area contributed by atoms with Crippen LogP contribution in [-0.4, -0.2) is 6.18 Å². The molecule has 0 aliphatic rings. The maximum absolute atomic E-state index is 12.6. The van der Waals surface area contributed by atoms with E-state index in [2.05, 4.69) is 29.1 Å². The van der Waals surface area contributed by atoms with Gasteiger partial charge in [-0.05, 0) is 15.9 Å². The van der Waals surface area contributed by atoms with Crippen LogP contribution in [0.1, 0.15) is 0 Å². The number of hydrogen-bond donors (Lipinski definition) is 0. The van der Waals surface area contributed by atoms with E-state index in [4.69, 9.17) is 0 Å². The van der Waals surface area contributed by atoms with Crippen LogP contribution in [0.4, 0.5) is 22.0 Å². The number of rotatable bonds is 2. The summed E-state index contributed by atoms with van der Waals surface area (Å²) in [5.41, 5.74) is -2.05. The maximum Gasteiger partial charge on any atom is 0.422 e. The van der Waals surface area contributed by atoms with Gasteiger partial charge in [-0.3, -0.25) is 0 Å². The Morgan fingerprint density at radius 3 is 1.54 bits per heavy atom. The molecule has 0 radical (unpaired) electrons. The van der Waals surface area contributed by atoms with E-state index in [1.54, 1.807) is 0 Å². The van der Waals surface area contributed by atoms with Crippen molar-refractivity contribution in [1.29, 1.82) is 0 Å². The molecule has 0 rings (SSSR count). The Balaban J connectivity index is 5.40. The summed E-state index contributed by atoms with van der Waals surface area (Å²) in [6.07, 6.45) is -5.12. The average Bonchev–Trinajstić information content (AvgIpc) is 1.82. The summed E-state index contributed by atoms with van der Waals surface area (Å²) in [6, 6.07) is 0. The van der Waals surface area contributed by atoms with Crippen molar-refractivity contribution in [2.24, 2.45) is 0 Å². The van der Waals surface area contributed by atoms with Gasteiger partial charge in [0.2, 0.25) is 0 Å². The van der Waals surface area contributed by atoms with Gasteiger partial charge in [0.05, 0.1) is 0 Å². The van der Waals surface area contributed by atoms with Crippen LogP contribution in [0.5, 0.6) is 0 Å². The lowest BCUT2D eigenvalue weighted by atomic mass is 10.2. The Morgan fingerprint density at radius 1 is 1.08 bits per heavy atom. The molecule has 0 saturated heterocycles. The highest BCUT2D eigenvalue weighted by Crippen LogP contribution is 2.37. The average molecular weight is 263 g/mol. The molecule has 0 atom stereocenters. The maximum atomic E-state index is 12.6. The van der Waals surface area contributed by atoms with Gasteiger partial charge in [-0.2, -0.15) is 13.2 Å². The molecule has 0 aromatic heterocycles. The normalized spacial score (nSPS) is 13.7. The van der Waals surface area contributed by atoms with Gasteiger partial charge in [0, 0.05) is 4.48 Å². The molecule has 0 saturated carbocycles. The van der Waals surface area contributed by atoms with Gasteiger partial charge in [-0.25, -0.2) is 8.78 Å². The van der Waals surface area contributed by atoms with E-state index < -0.39 is 27.9 Å². The molecule has 13 heavy (non-hydrogen) atoms. The molecule has 0 spiro atoms. The minimum Gasteiger partial charge on any atom is -0.207 e. The van der Waals surface area contributed by atoms with E-state index in [1.165, 1.54) is 0 Å². The fraction of sp³-hybridized carbons (Fsp3) is 0.143. The van der Waals surface area contributed by atoms with Crippen molar-refractivity contribution in [2.45, 2.75) is 6.18 Å². The highest BCUT2D eigenvalue weighted by Gasteiger charge is 2.39. The summed E-state index contributed by atoms with van der Waals surface area (Å²) in [5, 5.41) is 0. The van der Waals surface area contributed by atoms with Crippen LogP contribution in [0.25, 0.3) is 0 Å². The third-order valence-corrected chi connectivity index (χ3v) is 1.36. The Morgan fingerprint density at radius 2 is 1.46 bits per heavy atom. The predicted octanol–water partition coefficient (Wildman–Crippen LogP) is 4.16. The van der Waals surface area contributed by atoms with Gasteiger partial charge < -0.3 is 0 Å². The minimum absolute atomic E-state index is 0.682. The third-order valence-electron chi connectivity index (χ3n) is 1.01. The van der Waals surface area contributed by atoms with Crippen LogP contribution in [0.2, 0.25) is 0 Å². The van der Waals surface area contributed by atoms with Crippen molar-refractivity contribution >= 4 is 15.9 Å². The first-order chi connectivity index (χ1) is 5.68. The highest BCUT2D eigenvalue weighted by molar-refractivity contribution is 9.11. The van der Waals surface area contributed by atoms with Crippen molar-refractivity contribution in [1.82, 2.24) is 0 Å². The first-order valence-corrected chi connectivity index (χ1v) is 3.63. The molecule has 0 aromatic rings. The first kappa shape index (κ1) is 12.3. The number of alkyl halides is 3. The van der Waals surface area contributed by atoms with Crippen molar-refractivity contribution < 1.29 is 22.0 Å². The van der Waals surface area contributed by atoms with Crippen LogP contribution < -0.4 is 0 Å². The lowest BCUT2D eigenvalue weighted by Gasteiger charge is -2.09. The van der Waals surface area contributed by atoms with Gasteiger partial charge >= 0.3 is 6.18 Å². The molecule has 0 heterocycles. The number of allylic oxidation sites excluding steroid dienone is 4. The number of hydrogen-bond acceptors (Lipinski definition) is 0. The van der Waals surface area contributed by atoms with Crippen LogP contribution in [0.15, 0.2) is 34.9 Å². The molecule has 0 aliphatic heterocycles. The van der Waals surface area contributed by atoms with Crippen LogP contribution in [0.3, 0.4) is 0 Å². The summed E-state index contributed by atoms with van der Waals surface area (Å²) in [4.78, 5) is 0. The van der Waals surface area contributed by atoms with Gasteiger partial charge in [0.25, 0.3) is 0 Å². The lowest BCUT2D eigenvalue weighted by Crippen LogP contribution is -2.13. The van der Waals surface area contributed by atoms with E-state index in [0.29, 0.717) is 0 Å². The Bertz CT molecular complexity index is 273. The standard InChI is InChI=1S/C7H4BrF5/c1-3(8)6(10)5(4(2)9)7(11,12)13/h1-2H2/b6-5-. The zero-order chi connectivity index (χ0) is 10.8. The van der Waals surface area contributed by atoms with Crippen molar-refractivity contribution in [3.05, 3.63) is 34.9 Å². The molecule has 0 fully saturated rings. The molecular weight excluding hydrogens is 259 g/mol. The van der Waals surface area contributed by atoms with E-state index in [-0.39, 0.29) is 0 Å². The van der Waals surface area contributed by atoms with E-state index in [9.17, 15) is 22.0 Å². The second kappa shape index (κ2) is 4.04. The van der Waals surface area contributed by atoms with E-state index in [0.717, 1.165) is 0 Å². The zero-order valence-electron chi connectivity index (χ0n) is 6.18. The predicted molar refractivity (Wildman–Crippen MR) is 42.5 cm³/mol. The number of halogens is 6. The van der Waals surface area contributed by atoms with Crippen molar-refractivity contribution in [3.63, 3.8) is 0 Å². The molecule has 0 N–H and O–H groups in total. The van der Waals surface area contributed by atoms with Crippen molar-refractivity contribution in [2.75, 3.05) is 0 Å². The van der Waals surface area contributed by atoms with Crippen LogP contribution in [-0.2, 0) is 0 Å². The smallest absolute Gasteiger partial charge is 0.207 e. The third kappa shape index (κ3) is 3.30. The monoisotopic (exact) mass is 262 g/mol. The molecule has 0 aromatic carbocycles. The Hall–Kier alpha value is -0.650.